The van der Waals surface area contributed by atoms with Gasteiger partial charge in [-0.1, -0.05) is 18.2 Å². The Bertz CT molecular complexity index is 700. The summed E-state index contributed by atoms with van der Waals surface area (Å²) in [6.45, 7) is 0. The first kappa shape index (κ1) is 10.9. The van der Waals surface area contributed by atoms with E-state index in [1.807, 2.05) is 18.2 Å². The van der Waals surface area contributed by atoms with Gasteiger partial charge in [0, 0.05) is 0 Å². The first-order chi connectivity index (χ1) is 8.72. The van der Waals surface area contributed by atoms with E-state index in [2.05, 4.69) is 12.1 Å². The SMILES string of the molecule is Fc1c[c]c(-c2ccc3ccc(F)cc3c2)[c]c1. The van der Waals surface area contributed by atoms with Gasteiger partial charge in [0.05, 0.1) is 0 Å². The van der Waals surface area contributed by atoms with Crippen LogP contribution in [0.2, 0.25) is 0 Å². The van der Waals surface area contributed by atoms with Gasteiger partial charge in [0.2, 0.25) is 0 Å². The summed E-state index contributed by atoms with van der Waals surface area (Å²) in [7, 11) is 0. The summed E-state index contributed by atoms with van der Waals surface area (Å²) in [6.07, 6.45) is 0. The van der Waals surface area contributed by atoms with Crippen molar-refractivity contribution in [2.45, 2.75) is 0 Å². The Morgan fingerprint density at radius 3 is 2.22 bits per heavy atom. The van der Waals surface area contributed by atoms with Gasteiger partial charge in [-0.2, -0.15) is 0 Å². The molecule has 0 aliphatic carbocycles. The van der Waals surface area contributed by atoms with E-state index in [-0.39, 0.29) is 11.6 Å². The van der Waals surface area contributed by atoms with Crippen LogP contribution in [0.1, 0.15) is 0 Å². The van der Waals surface area contributed by atoms with E-state index >= 15 is 0 Å². The first-order valence-corrected chi connectivity index (χ1v) is 5.51. The van der Waals surface area contributed by atoms with E-state index < -0.39 is 0 Å². The van der Waals surface area contributed by atoms with Gasteiger partial charge < -0.3 is 0 Å². The van der Waals surface area contributed by atoms with E-state index in [0.717, 1.165) is 16.3 Å². The van der Waals surface area contributed by atoms with Crippen molar-refractivity contribution in [2.24, 2.45) is 0 Å². The second kappa shape index (κ2) is 4.22. The molecule has 0 saturated carbocycles. The van der Waals surface area contributed by atoms with Crippen molar-refractivity contribution in [2.75, 3.05) is 0 Å². The van der Waals surface area contributed by atoms with Crippen LogP contribution in [0.25, 0.3) is 21.9 Å². The van der Waals surface area contributed by atoms with Crippen molar-refractivity contribution in [3.8, 4) is 11.1 Å². The Kier molecular flexibility index (Phi) is 2.56. The van der Waals surface area contributed by atoms with E-state index in [1.54, 1.807) is 6.07 Å². The minimum absolute atomic E-state index is 0.272. The Hall–Kier alpha value is -2.22. The maximum absolute atomic E-state index is 13.2. The highest BCUT2D eigenvalue weighted by Gasteiger charge is 2.02. The fraction of sp³-hybridized carbons (Fsp3) is 0. The first-order valence-electron chi connectivity index (χ1n) is 5.51. The van der Waals surface area contributed by atoms with Crippen LogP contribution in [0, 0.1) is 23.8 Å². The highest BCUT2D eigenvalue weighted by atomic mass is 19.1. The zero-order valence-corrected chi connectivity index (χ0v) is 9.37. The van der Waals surface area contributed by atoms with Crippen molar-refractivity contribution in [3.05, 3.63) is 72.3 Å². The Labute approximate surface area is 104 Å². The van der Waals surface area contributed by atoms with Gasteiger partial charge in [-0.25, -0.2) is 8.78 Å². The monoisotopic (exact) mass is 238 g/mol. The molecule has 0 aliphatic heterocycles. The molecular weight excluding hydrogens is 230 g/mol. The molecule has 3 aromatic carbocycles. The van der Waals surface area contributed by atoms with Gasteiger partial charge in [0.25, 0.3) is 0 Å². The van der Waals surface area contributed by atoms with Crippen LogP contribution in [0.5, 0.6) is 0 Å². The largest absolute Gasteiger partial charge is 0.207 e. The number of hydrogen-bond acceptors (Lipinski definition) is 0. The lowest BCUT2D eigenvalue weighted by Gasteiger charge is -2.03. The molecule has 3 aromatic rings. The maximum atomic E-state index is 13.2. The molecule has 86 valence electrons. The zero-order chi connectivity index (χ0) is 12.5. The van der Waals surface area contributed by atoms with Crippen molar-refractivity contribution >= 4 is 10.8 Å². The molecule has 0 unspecified atom stereocenters. The second-order valence-electron chi connectivity index (χ2n) is 4.04. The summed E-state index contributed by atoms with van der Waals surface area (Å²) < 4.78 is 26.0. The molecule has 0 nitrogen and oxygen atoms in total. The van der Waals surface area contributed by atoms with Gasteiger partial charge in [0.1, 0.15) is 11.6 Å². The van der Waals surface area contributed by atoms with Crippen LogP contribution in [0.3, 0.4) is 0 Å². The van der Waals surface area contributed by atoms with E-state index in [1.165, 1.54) is 24.3 Å². The Balaban J connectivity index is 2.15. The normalized spacial score (nSPS) is 10.8. The number of halogens is 2. The quantitative estimate of drug-likeness (QED) is 0.590. The summed E-state index contributed by atoms with van der Waals surface area (Å²) in [6, 6.07) is 18.4. The minimum Gasteiger partial charge on any atom is -0.207 e. The van der Waals surface area contributed by atoms with Crippen LogP contribution >= 0.6 is 0 Å². The lowest BCUT2D eigenvalue weighted by Crippen LogP contribution is -1.82. The zero-order valence-electron chi connectivity index (χ0n) is 9.37. The van der Waals surface area contributed by atoms with Crippen molar-refractivity contribution < 1.29 is 8.78 Å². The van der Waals surface area contributed by atoms with Crippen LogP contribution in [-0.4, -0.2) is 0 Å². The summed E-state index contributed by atoms with van der Waals surface area (Å²) in [5.41, 5.74) is 1.51. The number of hydrogen-bond donors (Lipinski definition) is 0. The lowest BCUT2D eigenvalue weighted by atomic mass is 10.0. The van der Waals surface area contributed by atoms with Gasteiger partial charge in [-0.15, -0.1) is 0 Å². The van der Waals surface area contributed by atoms with Gasteiger partial charge in [-0.05, 0) is 64.4 Å². The number of benzene rings is 3. The third-order valence-electron chi connectivity index (χ3n) is 2.80. The lowest BCUT2D eigenvalue weighted by molar-refractivity contribution is 0.627. The topological polar surface area (TPSA) is 0 Å². The summed E-state index contributed by atoms with van der Waals surface area (Å²) in [5, 5.41) is 1.76. The third-order valence-corrected chi connectivity index (χ3v) is 2.80. The summed E-state index contributed by atoms with van der Waals surface area (Å²) in [4.78, 5) is 0. The van der Waals surface area contributed by atoms with E-state index in [9.17, 15) is 8.78 Å². The van der Waals surface area contributed by atoms with Crippen LogP contribution in [0.4, 0.5) is 8.78 Å². The van der Waals surface area contributed by atoms with Crippen LogP contribution < -0.4 is 0 Å². The highest BCUT2D eigenvalue weighted by molar-refractivity contribution is 5.87. The molecule has 0 heterocycles. The van der Waals surface area contributed by atoms with Crippen molar-refractivity contribution in [3.63, 3.8) is 0 Å². The predicted molar refractivity (Wildman–Crippen MR) is 67.0 cm³/mol. The molecule has 18 heavy (non-hydrogen) atoms. The maximum Gasteiger partial charge on any atom is 0.124 e. The predicted octanol–water partition coefficient (Wildman–Crippen LogP) is 4.39. The molecular formula is C16H8F2. The van der Waals surface area contributed by atoms with Gasteiger partial charge >= 0.3 is 0 Å². The van der Waals surface area contributed by atoms with E-state index in [0.29, 0.717) is 5.56 Å². The number of fused-ring (bicyclic) bond motifs is 1. The second-order valence-corrected chi connectivity index (χ2v) is 4.04. The molecule has 0 aromatic heterocycles. The molecule has 0 fully saturated rings. The molecule has 0 bridgehead atoms. The minimum atomic E-state index is -0.370. The van der Waals surface area contributed by atoms with E-state index in [4.69, 9.17) is 0 Å². The number of rotatable bonds is 1. The molecule has 0 aliphatic rings. The third kappa shape index (κ3) is 1.97. The molecule has 2 heteroatoms. The van der Waals surface area contributed by atoms with Crippen LogP contribution in [0.15, 0.2) is 48.5 Å². The molecule has 0 saturated heterocycles. The van der Waals surface area contributed by atoms with Crippen molar-refractivity contribution in [1.82, 2.24) is 0 Å². The Morgan fingerprint density at radius 1 is 0.722 bits per heavy atom. The Morgan fingerprint density at radius 2 is 1.44 bits per heavy atom. The van der Waals surface area contributed by atoms with Crippen LogP contribution in [-0.2, 0) is 0 Å². The fourth-order valence-corrected chi connectivity index (χ4v) is 1.91. The molecule has 0 N–H and O–H groups in total. The molecule has 0 spiro atoms. The average Bonchev–Trinajstić information content (AvgIpc) is 2.38. The smallest absolute Gasteiger partial charge is 0.124 e. The molecule has 2 radical (unpaired) electrons. The molecule has 3 rings (SSSR count). The molecule has 0 atom stereocenters. The van der Waals surface area contributed by atoms with Crippen molar-refractivity contribution in [1.29, 1.82) is 0 Å². The average molecular weight is 238 g/mol. The summed E-state index contributed by atoms with van der Waals surface area (Å²) in [5.74, 6) is -0.641. The van der Waals surface area contributed by atoms with Gasteiger partial charge in [-0.3, -0.25) is 0 Å². The van der Waals surface area contributed by atoms with Gasteiger partial charge in [0.15, 0.2) is 0 Å². The fourth-order valence-electron chi connectivity index (χ4n) is 1.91. The summed E-state index contributed by atoms with van der Waals surface area (Å²) >= 11 is 0. The molecule has 0 amide bonds. The highest BCUT2D eigenvalue weighted by Crippen LogP contribution is 2.24. The standard InChI is InChI=1S/C16H8F2/c17-15-6-3-11(4-7-15)13-2-1-12-5-8-16(18)10-14(12)9-13/h1-2,5-10H.